The summed E-state index contributed by atoms with van der Waals surface area (Å²) in [4.78, 5) is 15.5. The van der Waals surface area contributed by atoms with Crippen LogP contribution in [0, 0.1) is 0 Å². The summed E-state index contributed by atoms with van der Waals surface area (Å²) in [5.74, 6) is 0. The summed E-state index contributed by atoms with van der Waals surface area (Å²) in [6.45, 7) is 0. The molecule has 0 aliphatic heterocycles. The van der Waals surface area contributed by atoms with E-state index in [4.69, 9.17) is 26.8 Å². The monoisotopic (exact) mass is 938 g/mol. The van der Waals surface area contributed by atoms with Crippen LogP contribution in [0.1, 0.15) is 0 Å². The summed E-state index contributed by atoms with van der Waals surface area (Å²) in [6.07, 6.45) is 3.78. The van der Waals surface area contributed by atoms with E-state index in [1.807, 2.05) is 91.1 Å². The van der Waals surface area contributed by atoms with Crippen molar-refractivity contribution in [1.29, 1.82) is 0 Å². The molecule has 0 saturated heterocycles. The smallest absolute Gasteiger partial charge is 0.172 e. The highest BCUT2D eigenvalue weighted by Crippen LogP contribution is 2.45. The summed E-state index contributed by atoms with van der Waals surface area (Å²) < 4.78 is 17.5. The Morgan fingerprint density at radius 3 is 1.67 bits per heavy atom. The van der Waals surface area contributed by atoms with Gasteiger partial charge in [-0.05, 0) is 80.1 Å². The van der Waals surface area contributed by atoms with Crippen molar-refractivity contribution in [2.24, 2.45) is 0 Å². The minimum atomic E-state index is -3.18. The maximum absolute atomic E-state index is 15.2. The fraction of sp³-hybridized carbons (Fsp3) is 0. The second kappa shape index (κ2) is 16.4. The summed E-state index contributed by atoms with van der Waals surface area (Å²) in [5, 5.41) is 12.4. The predicted molar refractivity (Wildman–Crippen MR) is 295 cm³/mol. The largest absolute Gasteiger partial charge is 0.309 e. The third kappa shape index (κ3) is 6.71. The first kappa shape index (κ1) is 41.3. The number of hydrogen-bond acceptors (Lipinski definition) is 5. The van der Waals surface area contributed by atoms with Crippen LogP contribution in [0.2, 0.25) is 0 Å². The molecule has 0 N–H and O–H groups in total. The molecule has 4 aromatic heterocycles. The molecule has 9 aromatic carbocycles. The van der Waals surface area contributed by atoms with Crippen molar-refractivity contribution in [3.8, 4) is 22.4 Å². The Balaban J connectivity index is 0.959. The highest BCUT2D eigenvalue weighted by molar-refractivity contribution is 8.25. The lowest BCUT2D eigenvalue weighted by molar-refractivity contribution is 0.592. The molecule has 8 heteroatoms. The lowest BCUT2D eigenvalue weighted by atomic mass is 9.97. The molecule has 0 unspecified atom stereocenters. The van der Waals surface area contributed by atoms with Crippen LogP contribution in [0.4, 0.5) is 0 Å². The van der Waals surface area contributed by atoms with Gasteiger partial charge in [0.1, 0.15) is 5.65 Å². The Morgan fingerprint density at radius 1 is 0.391 bits per heavy atom. The second-order valence-electron chi connectivity index (χ2n) is 17.5. The van der Waals surface area contributed by atoms with Gasteiger partial charge in [0, 0.05) is 61.6 Å². The SMILES string of the molecule is O=P(c1ccccc1)(c1ccccc1)c1ccc(-c2ccc3nc4c5c6ccccc6ccc5c5ccc(-c6cnc7cc(P(=S)(c8ccccc8)c8ccccc8)ccc7c6)cc5n4c3c2)nc1. The van der Waals surface area contributed by atoms with E-state index in [0.717, 1.165) is 109 Å². The van der Waals surface area contributed by atoms with Gasteiger partial charge < -0.3 is 4.57 Å². The van der Waals surface area contributed by atoms with Gasteiger partial charge in [-0.2, -0.15) is 0 Å². The zero-order chi connectivity index (χ0) is 46.1. The van der Waals surface area contributed by atoms with Crippen LogP contribution in [0.3, 0.4) is 0 Å². The van der Waals surface area contributed by atoms with E-state index in [1.54, 1.807) is 6.20 Å². The first-order valence-corrected chi connectivity index (χ1v) is 27.5. The van der Waals surface area contributed by atoms with E-state index in [1.165, 1.54) is 0 Å². The van der Waals surface area contributed by atoms with Gasteiger partial charge in [0.25, 0.3) is 0 Å². The average Bonchev–Trinajstić information content (AvgIpc) is 3.82. The van der Waals surface area contributed by atoms with Crippen LogP contribution >= 0.6 is 13.2 Å². The number of imidazole rings is 1. The van der Waals surface area contributed by atoms with Crippen LogP contribution in [0.5, 0.6) is 0 Å². The van der Waals surface area contributed by atoms with Crippen molar-refractivity contribution in [3.05, 3.63) is 243 Å². The van der Waals surface area contributed by atoms with E-state index in [-0.39, 0.29) is 0 Å². The van der Waals surface area contributed by atoms with E-state index in [9.17, 15) is 0 Å². The Kier molecular flexibility index (Phi) is 9.85. The minimum absolute atomic E-state index is 0.689. The molecule has 13 rings (SSSR count). The number of aromatic nitrogens is 4. The van der Waals surface area contributed by atoms with Crippen LogP contribution in [-0.2, 0) is 16.4 Å². The highest BCUT2D eigenvalue weighted by Gasteiger charge is 2.30. The van der Waals surface area contributed by atoms with Crippen LogP contribution in [0.25, 0.3) is 82.4 Å². The summed E-state index contributed by atoms with van der Waals surface area (Å²) in [6, 6.07) is 77.1. The molecule has 5 nitrogen and oxygen atoms in total. The molecule has 69 heavy (non-hydrogen) atoms. The van der Waals surface area contributed by atoms with Crippen molar-refractivity contribution in [1.82, 2.24) is 19.4 Å². The fourth-order valence-corrected chi connectivity index (χ4v) is 16.5. The Morgan fingerprint density at radius 2 is 0.986 bits per heavy atom. The van der Waals surface area contributed by atoms with Crippen molar-refractivity contribution >= 4 is 117 Å². The lowest BCUT2D eigenvalue weighted by Gasteiger charge is -2.24. The number of hydrogen-bond donors (Lipinski definition) is 0. The summed E-state index contributed by atoms with van der Waals surface area (Å²) in [5.41, 5.74) is 8.51. The standard InChI is InChI=1S/C61H40N4OP2S/c66-67(46-16-5-1-6-17-46,47-18-7-2-8-19-47)51-30-34-55(63-40-51)44-28-33-56-59(37-44)65-58-36-42(27-31-53(58)54-32-26-41-15-13-14-24-52(41)60(54)61(65)64-56)45-35-43-25-29-50(38-57(43)62-39-45)68(69,48-20-9-3-10-21-48)49-22-11-4-12-23-49/h1-40H. The van der Waals surface area contributed by atoms with Crippen molar-refractivity contribution in [2.75, 3.05) is 0 Å². The quantitative estimate of drug-likeness (QED) is 0.112. The molecular formula is C61H40N4OP2S. The zero-order valence-electron chi connectivity index (χ0n) is 37.1. The third-order valence-corrected chi connectivity index (χ3v) is 21.6. The van der Waals surface area contributed by atoms with Crippen LogP contribution < -0.4 is 31.8 Å². The first-order valence-electron chi connectivity index (χ1n) is 22.9. The van der Waals surface area contributed by atoms with Gasteiger partial charge >= 0.3 is 0 Å². The fourth-order valence-electron chi connectivity index (χ4n) is 10.2. The molecule has 0 saturated carbocycles. The molecule has 0 atom stereocenters. The van der Waals surface area contributed by atoms with Gasteiger partial charge in [0.15, 0.2) is 7.14 Å². The number of nitrogens with zero attached hydrogens (tertiary/aromatic N) is 4. The Labute approximate surface area is 403 Å². The predicted octanol–water partition coefficient (Wildman–Crippen LogP) is 12.6. The van der Waals surface area contributed by atoms with Crippen molar-refractivity contribution < 1.29 is 4.57 Å². The Bertz CT molecular complexity index is 4150. The van der Waals surface area contributed by atoms with Crippen LogP contribution in [0.15, 0.2) is 243 Å². The summed E-state index contributed by atoms with van der Waals surface area (Å²) >= 11 is 6.69. The van der Waals surface area contributed by atoms with Gasteiger partial charge in [-0.25, -0.2) is 4.98 Å². The van der Waals surface area contributed by atoms with Gasteiger partial charge in [-0.1, -0.05) is 200 Å². The third-order valence-electron chi connectivity index (χ3n) is 13.6. The number of rotatable bonds is 8. The average molecular weight is 939 g/mol. The zero-order valence-corrected chi connectivity index (χ0v) is 39.7. The maximum Gasteiger partial charge on any atom is 0.172 e. The molecule has 0 aliphatic carbocycles. The molecule has 326 valence electrons. The van der Waals surface area contributed by atoms with E-state index in [2.05, 4.69) is 150 Å². The van der Waals surface area contributed by atoms with E-state index < -0.39 is 13.2 Å². The van der Waals surface area contributed by atoms with Gasteiger partial charge in [-0.15, -0.1) is 0 Å². The number of benzene rings is 9. The molecule has 0 amide bonds. The normalized spacial score (nSPS) is 12.2. The Hall–Kier alpha value is -7.85. The minimum Gasteiger partial charge on any atom is -0.309 e. The van der Waals surface area contributed by atoms with Crippen LogP contribution in [-0.4, -0.2) is 19.4 Å². The maximum atomic E-state index is 15.2. The van der Waals surface area contributed by atoms with Crippen molar-refractivity contribution in [3.63, 3.8) is 0 Å². The highest BCUT2D eigenvalue weighted by atomic mass is 32.4. The first-order chi connectivity index (χ1) is 33.9. The van der Waals surface area contributed by atoms with E-state index in [0.29, 0.717) is 5.30 Å². The lowest BCUT2D eigenvalue weighted by Crippen LogP contribution is -2.25. The van der Waals surface area contributed by atoms with Gasteiger partial charge in [0.2, 0.25) is 0 Å². The van der Waals surface area contributed by atoms with Gasteiger partial charge in [-0.3, -0.25) is 14.4 Å². The van der Waals surface area contributed by atoms with E-state index >= 15 is 4.57 Å². The number of fused-ring (bicyclic) bond motifs is 11. The topological polar surface area (TPSA) is 60.2 Å². The molecule has 0 fully saturated rings. The molecular weight excluding hydrogens is 899 g/mol. The van der Waals surface area contributed by atoms with Crippen molar-refractivity contribution in [2.45, 2.75) is 0 Å². The molecule has 0 aliphatic rings. The molecule has 0 bridgehead atoms. The molecule has 0 radical (unpaired) electrons. The molecule has 13 aromatic rings. The molecule has 4 heterocycles. The molecule has 0 spiro atoms. The second-order valence-corrected chi connectivity index (χ2v) is 24.7. The van der Waals surface area contributed by atoms with Gasteiger partial charge in [0.05, 0.1) is 27.8 Å². The summed E-state index contributed by atoms with van der Waals surface area (Å²) in [7, 11) is -3.18. The number of pyridine rings is 3.